The van der Waals surface area contributed by atoms with Crippen LogP contribution in [0.25, 0.3) is 0 Å². The number of benzene rings is 4. The molecule has 31 heavy (non-hydrogen) atoms. The Morgan fingerprint density at radius 1 is 0.548 bits per heavy atom. The number of hydrogen-bond acceptors (Lipinski definition) is 3. The van der Waals surface area contributed by atoms with Crippen molar-refractivity contribution in [2.45, 2.75) is 11.5 Å². The summed E-state index contributed by atoms with van der Waals surface area (Å²) in [7, 11) is 3.31. The maximum Gasteiger partial charge on any atom is 0.125 e. The van der Waals surface area contributed by atoms with E-state index in [4.69, 9.17) is 9.47 Å². The van der Waals surface area contributed by atoms with Crippen molar-refractivity contribution in [3.63, 3.8) is 0 Å². The molecule has 0 aliphatic heterocycles. The van der Waals surface area contributed by atoms with Gasteiger partial charge in [0.2, 0.25) is 0 Å². The Hall–Kier alpha value is -3.56. The molecule has 0 bridgehead atoms. The first-order valence-electron chi connectivity index (χ1n) is 10.3. The van der Waals surface area contributed by atoms with Crippen molar-refractivity contribution in [3.8, 4) is 11.5 Å². The van der Waals surface area contributed by atoms with E-state index < -0.39 is 5.60 Å². The summed E-state index contributed by atoms with van der Waals surface area (Å²) in [6, 6.07) is 35.5. The van der Waals surface area contributed by atoms with Crippen LogP contribution in [0.3, 0.4) is 0 Å². The van der Waals surface area contributed by atoms with Crippen molar-refractivity contribution in [1.82, 2.24) is 0 Å². The van der Waals surface area contributed by atoms with E-state index in [0.717, 1.165) is 33.8 Å². The molecule has 3 heteroatoms. The average molecular weight is 411 g/mol. The number of rotatable bonds is 7. The molecule has 0 atom stereocenters. The van der Waals surface area contributed by atoms with Crippen molar-refractivity contribution in [3.05, 3.63) is 131 Å². The van der Waals surface area contributed by atoms with Gasteiger partial charge in [-0.25, -0.2) is 0 Å². The predicted octanol–water partition coefficient (Wildman–Crippen LogP) is 5.77. The summed E-state index contributed by atoms with van der Waals surface area (Å²) in [6.45, 7) is 0. The molecule has 0 fully saturated rings. The molecule has 0 radical (unpaired) electrons. The predicted molar refractivity (Wildman–Crippen MR) is 124 cm³/mol. The monoisotopic (exact) mass is 410 g/mol. The van der Waals surface area contributed by atoms with Crippen LogP contribution in [-0.2, 0) is 5.60 Å². The quantitative estimate of drug-likeness (QED) is 0.420. The van der Waals surface area contributed by atoms with Crippen LogP contribution in [-0.4, -0.2) is 19.3 Å². The summed E-state index contributed by atoms with van der Waals surface area (Å²) in [6.07, 6.45) is 0. The summed E-state index contributed by atoms with van der Waals surface area (Å²) < 4.78 is 10.7. The smallest absolute Gasteiger partial charge is 0.125 e. The summed E-state index contributed by atoms with van der Waals surface area (Å²) in [5.41, 5.74) is 2.35. The van der Waals surface area contributed by atoms with Crippen molar-refractivity contribution in [1.29, 1.82) is 0 Å². The lowest BCUT2D eigenvalue weighted by Crippen LogP contribution is -2.35. The molecule has 0 saturated carbocycles. The third-order valence-corrected chi connectivity index (χ3v) is 5.74. The van der Waals surface area contributed by atoms with Crippen LogP contribution < -0.4 is 9.47 Å². The molecule has 0 aromatic heterocycles. The average Bonchev–Trinajstić information content (AvgIpc) is 2.86. The molecule has 4 aromatic carbocycles. The zero-order chi connectivity index (χ0) is 21.7. The van der Waals surface area contributed by atoms with Crippen molar-refractivity contribution < 1.29 is 14.6 Å². The van der Waals surface area contributed by atoms with Crippen LogP contribution in [0.2, 0.25) is 0 Å². The van der Waals surface area contributed by atoms with E-state index in [1.54, 1.807) is 14.2 Å². The first-order valence-corrected chi connectivity index (χ1v) is 10.3. The molecule has 3 nitrogen and oxygen atoms in total. The van der Waals surface area contributed by atoms with Crippen LogP contribution in [0.15, 0.2) is 109 Å². The minimum Gasteiger partial charge on any atom is -0.497 e. The van der Waals surface area contributed by atoms with E-state index in [0.29, 0.717) is 0 Å². The molecule has 4 rings (SSSR count). The molecular formula is C28H26O3. The third-order valence-electron chi connectivity index (χ3n) is 5.74. The van der Waals surface area contributed by atoms with E-state index in [9.17, 15) is 5.11 Å². The molecule has 4 aromatic rings. The summed E-state index contributed by atoms with van der Waals surface area (Å²) in [5.74, 6) is 1.20. The van der Waals surface area contributed by atoms with Crippen LogP contribution in [0.4, 0.5) is 0 Å². The highest BCUT2D eigenvalue weighted by Crippen LogP contribution is 2.46. The van der Waals surface area contributed by atoms with Gasteiger partial charge in [-0.05, 0) is 46.5 Å². The van der Waals surface area contributed by atoms with Crippen molar-refractivity contribution in [2.24, 2.45) is 0 Å². The lowest BCUT2D eigenvalue weighted by Gasteiger charge is -2.38. The van der Waals surface area contributed by atoms with Gasteiger partial charge >= 0.3 is 0 Å². The van der Waals surface area contributed by atoms with E-state index >= 15 is 0 Å². The topological polar surface area (TPSA) is 38.7 Å². The van der Waals surface area contributed by atoms with Crippen LogP contribution >= 0.6 is 0 Å². The second-order valence-corrected chi connectivity index (χ2v) is 7.48. The third kappa shape index (κ3) is 4.05. The van der Waals surface area contributed by atoms with Crippen LogP contribution in [0.1, 0.15) is 28.2 Å². The maximum absolute atomic E-state index is 12.5. The lowest BCUT2D eigenvalue weighted by atomic mass is 9.70. The molecule has 0 aliphatic carbocycles. The fraction of sp³-hybridized carbons (Fsp3) is 0.143. The van der Waals surface area contributed by atoms with Gasteiger partial charge in [-0.3, -0.25) is 0 Å². The number of hydrogen-bond donors (Lipinski definition) is 1. The van der Waals surface area contributed by atoms with Gasteiger partial charge in [-0.15, -0.1) is 0 Å². The Morgan fingerprint density at radius 3 is 1.23 bits per heavy atom. The Morgan fingerprint density at radius 2 is 0.903 bits per heavy atom. The van der Waals surface area contributed by atoms with E-state index in [2.05, 4.69) is 0 Å². The normalized spacial score (nSPS) is 11.4. The second kappa shape index (κ2) is 9.07. The van der Waals surface area contributed by atoms with Gasteiger partial charge in [-0.1, -0.05) is 84.9 Å². The zero-order valence-electron chi connectivity index (χ0n) is 17.7. The molecule has 0 unspecified atom stereocenters. The molecule has 1 N–H and O–H groups in total. The second-order valence-electron chi connectivity index (χ2n) is 7.48. The van der Waals surface area contributed by atoms with E-state index in [1.807, 2.05) is 109 Å². The summed E-state index contributed by atoms with van der Waals surface area (Å²) in [4.78, 5) is 0. The minimum atomic E-state index is -1.29. The standard InChI is InChI=1S/C28H26O3/c1-30-25-17-13-21(14-18-25)27(22-15-19-26(31-2)20-16-22)28(29,23-9-5-3-6-10-23)24-11-7-4-8-12-24/h3-20,27,29H,1-2H3. The van der Waals surface area contributed by atoms with Crippen LogP contribution in [0.5, 0.6) is 11.5 Å². The van der Waals surface area contributed by atoms with Gasteiger partial charge in [0.25, 0.3) is 0 Å². The molecule has 156 valence electrons. The molecule has 0 saturated heterocycles. The highest BCUT2D eigenvalue weighted by atomic mass is 16.5. The van der Waals surface area contributed by atoms with E-state index in [-0.39, 0.29) is 5.92 Å². The number of ether oxygens (including phenoxy) is 2. The first kappa shape index (κ1) is 20.7. The zero-order valence-corrected chi connectivity index (χ0v) is 17.7. The Labute approximate surface area is 183 Å². The van der Waals surface area contributed by atoms with Gasteiger partial charge in [0, 0.05) is 5.92 Å². The van der Waals surface area contributed by atoms with Crippen molar-refractivity contribution >= 4 is 0 Å². The molecular weight excluding hydrogens is 384 g/mol. The van der Waals surface area contributed by atoms with Crippen LogP contribution in [0, 0.1) is 0 Å². The fourth-order valence-electron chi connectivity index (χ4n) is 4.15. The molecule has 0 heterocycles. The SMILES string of the molecule is COc1ccc(C(c2ccc(OC)cc2)C(O)(c2ccccc2)c2ccccc2)cc1. The first-order chi connectivity index (χ1) is 15.2. The van der Waals surface area contributed by atoms with Gasteiger partial charge in [0.05, 0.1) is 14.2 Å². The largest absolute Gasteiger partial charge is 0.497 e. The van der Waals surface area contributed by atoms with Gasteiger partial charge < -0.3 is 14.6 Å². The number of aliphatic hydroxyl groups is 1. The fourth-order valence-corrected chi connectivity index (χ4v) is 4.15. The molecule has 0 spiro atoms. The Kier molecular flexibility index (Phi) is 6.06. The maximum atomic E-state index is 12.5. The van der Waals surface area contributed by atoms with Crippen molar-refractivity contribution in [2.75, 3.05) is 14.2 Å². The van der Waals surface area contributed by atoms with E-state index in [1.165, 1.54) is 0 Å². The highest BCUT2D eigenvalue weighted by Gasteiger charge is 2.42. The molecule has 0 aliphatic rings. The Bertz CT molecular complexity index is 1000. The number of methoxy groups -OCH3 is 2. The van der Waals surface area contributed by atoms with Gasteiger partial charge in [0.15, 0.2) is 0 Å². The van der Waals surface area contributed by atoms with Gasteiger partial charge in [0.1, 0.15) is 17.1 Å². The Balaban J connectivity index is 1.97. The summed E-state index contributed by atoms with van der Waals surface area (Å²) >= 11 is 0. The van der Waals surface area contributed by atoms with Gasteiger partial charge in [-0.2, -0.15) is 0 Å². The highest BCUT2D eigenvalue weighted by molar-refractivity contribution is 5.49. The molecule has 0 amide bonds. The summed E-state index contributed by atoms with van der Waals surface area (Å²) in [5, 5.41) is 12.5. The minimum absolute atomic E-state index is 0.353. The lowest BCUT2D eigenvalue weighted by molar-refractivity contribution is 0.0624.